The van der Waals surface area contributed by atoms with Gasteiger partial charge in [-0.3, -0.25) is 4.79 Å². The second-order valence-corrected chi connectivity index (χ2v) is 6.42. The highest BCUT2D eigenvalue weighted by molar-refractivity contribution is 8.00. The van der Waals surface area contributed by atoms with Crippen LogP contribution in [0.4, 0.5) is 8.78 Å². The highest BCUT2D eigenvalue weighted by Crippen LogP contribution is 2.24. The van der Waals surface area contributed by atoms with Crippen molar-refractivity contribution in [1.29, 1.82) is 0 Å². The minimum atomic E-state index is -0.890. The lowest BCUT2D eigenvalue weighted by Gasteiger charge is -2.38. The monoisotopic (exact) mass is 350 g/mol. The first kappa shape index (κ1) is 19.2. The molecule has 2 unspecified atom stereocenters. The number of nitrogens with zero attached hydrogens (tertiary/aromatic N) is 1. The Hall–Kier alpha value is -0.850. The third-order valence-electron chi connectivity index (χ3n) is 3.73. The molecule has 1 aromatic rings. The maximum absolute atomic E-state index is 13.1. The lowest BCUT2D eigenvalue weighted by atomic mass is 9.97. The zero-order valence-corrected chi connectivity index (χ0v) is 14.1. The normalized spacial score (nSPS) is 19.5. The summed E-state index contributed by atoms with van der Waals surface area (Å²) < 4.78 is 26.0. The highest BCUT2D eigenvalue weighted by Gasteiger charge is 2.28. The van der Waals surface area contributed by atoms with Crippen molar-refractivity contribution >= 4 is 30.1 Å². The number of thioether (sulfide) groups is 1. The van der Waals surface area contributed by atoms with Gasteiger partial charge in [0.05, 0.1) is 5.75 Å². The van der Waals surface area contributed by atoms with Crippen molar-refractivity contribution in [3.05, 3.63) is 29.8 Å². The largest absolute Gasteiger partial charge is 0.337 e. The summed E-state index contributed by atoms with van der Waals surface area (Å²) in [6, 6.07) is 3.70. The quantitative estimate of drug-likeness (QED) is 0.848. The van der Waals surface area contributed by atoms with Gasteiger partial charge in [0.25, 0.3) is 0 Å². The van der Waals surface area contributed by atoms with E-state index < -0.39 is 11.6 Å². The molecule has 0 spiro atoms. The SMILES string of the molecule is CC(N)C1CCCCN1C(=O)CSc1ccc(F)c(F)c1.Cl. The predicted molar refractivity (Wildman–Crippen MR) is 87.3 cm³/mol. The lowest BCUT2D eigenvalue weighted by molar-refractivity contribution is -0.132. The number of benzene rings is 1. The van der Waals surface area contributed by atoms with E-state index in [0.29, 0.717) is 4.90 Å². The van der Waals surface area contributed by atoms with Crippen LogP contribution < -0.4 is 5.73 Å². The topological polar surface area (TPSA) is 46.3 Å². The molecule has 0 bridgehead atoms. The van der Waals surface area contributed by atoms with Crippen LogP contribution in [0.5, 0.6) is 0 Å². The molecule has 0 aliphatic carbocycles. The van der Waals surface area contributed by atoms with Gasteiger partial charge < -0.3 is 10.6 Å². The van der Waals surface area contributed by atoms with Gasteiger partial charge in [0.2, 0.25) is 5.91 Å². The molecule has 2 N–H and O–H groups in total. The predicted octanol–water partition coefficient (Wildman–Crippen LogP) is 3.21. The molecule has 1 amide bonds. The molecule has 1 fully saturated rings. The van der Waals surface area contributed by atoms with E-state index in [4.69, 9.17) is 5.73 Å². The number of hydrogen-bond donors (Lipinski definition) is 1. The summed E-state index contributed by atoms with van der Waals surface area (Å²) in [7, 11) is 0. The van der Waals surface area contributed by atoms with Gasteiger partial charge in [0.1, 0.15) is 0 Å². The van der Waals surface area contributed by atoms with Crippen LogP contribution >= 0.6 is 24.2 Å². The second-order valence-electron chi connectivity index (χ2n) is 5.37. The Morgan fingerprint density at radius 3 is 2.77 bits per heavy atom. The van der Waals surface area contributed by atoms with Crippen LogP contribution in [0.25, 0.3) is 0 Å². The van der Waals surface area contributed by atoms with Crippen molar-refractivity contribution in [2.45, 2.75) is 43.2 Å². The average Bonchev–Trinajstić information content (AvgIpc) is 2.48. The molecule has 0 radical (unpaired) electrons. The van der Waals surface area contributed by atoms with E-state index in [1.165, 1.54) is 17.8 Å². The van der Waals surface area contributed by atoms with E-state index >= 15 is 0 Å². The number of rotatable bonds is 4. The summed E-state index contributed by atoms with van der Waals surface area (Å²) in [6.45, 7) is 2.64. The Labute approximate surface area is 140 Å². The van der Waals surface area contributed by atoms with E-state index in [1.54, 1.807) is 0 Å². The minimum Gasteiger partial charge on any atom is -0.337 e. The molecule has 0 saturated carbocycles. The van der Waals surface area contributed by atoms with Gasteiger partial charge in [-0.25, -0.2) is 8.78 Å². The van der Waals surface area contributed by atoms with Crippen molar-refractivity contribution in [2.75, 3.05) is 12.3 Å². The van der Waals surface area contributed by atoms with Crippen LogP contribution in [-0.2, 0) is 4.79 Å². The van der Waals surface area contributed by atoms with Crippen molar-refractivity contribution in [3.8, 4) is 0 Å². The molecular formula is C15H21ClF2N2OS. The summed E-state index contributed by atoms with van der Waals surface area (Å²) in [5.74, 6) is -1.54. The first-order chi connectivity index (χ1) is 9.99. The van der Waals surface area contributed by atoms with Crippen LogP contribution in [0.2, 0.25) is 0 Å². The fourth-order valence-corrected chi connectivity index (χ4v) is 3.42. The van der Waals surface area contributed by atoms with Crippen molar-refractivity contribution in [2.24, 2.45) is 5.73 Å². The molecule has 1 heterocycles. The van der Waals surface area contributed by atoms with Crippen LogP contribution in [0.3, 0.4) is 0 Å². The van der Waals surface area contributed by atoms with Crippen LogP contribution in [-0.4, -0.2) is 35.2 Å². The molecule has 3 nitrogen and oxygen atoms in total. The molecule has 1 saturated heterocycles. The number of carbonyl (C=O) groups excluding carboxylic acids is 1. The summed E-state index contributed by atoms with van der Waals surface area (Å²) in [5, 5.41) is 0. The second kappa shape index (κ2) is 8.70. The van der Waals surface area contributed by atoms with Gasteiger partial charge in [0, 0.05) is 23.5 Å². The number of piperidine rings is 1. The molecule has 124 valence electrons. The van der Waals surface area contributed by atoms with Crippen molar-refractivity contribution in [1.82, 2.24) is 4.90 Å². The summed E-state index contributed by atoms with van der Waals surface area (Å²) in [6.07, 6.45) is 3.01. The lowest BCUT2D eigenvalue weighted by Crippen LogP contribution is -2.52. The van der Waals surface area contributed by atoms with Crippen molar-refractivity contribution < 1.29 is 13.6 Å². The Bertz CT molecular complexity index is 516. The zero-order valence-electron chi connectivity index (χ0n) is 12.4. The zero-order chi connectivity index (χ0) is 15.4. The summed E-state index contributed by atoms with van der Waals surface area (Å²) >= 11 is 1.22. The Balaban J connectivity index is 0.00000242. The van der Waals surface area contributed by atoms with Gasteiger partial charge in [-0.1, -0.05) is 0 Å². The van der Waals surface area contributed by atoms with E-state index in [1.807, 2.05) is 11.8 Å². The van der Waals surface area contributed by atoms with Gasteiger partial charge in [-0.05, 0) is 44.4 Å². The fraction of sp³-hybridized carbons (Fsp3) is 0.533. The first-order valence-corrected chi connectivity index (χ1v) is 8.10. The van der Waals surface area contributed by atoms with Crippen LogP contribution in [0.1, 0.15) is 26.2 Å². The van der Waals surface area contributed by atoms with Crippen molar-refractivity contribution in [3.63, 3.8) is 0 Å². The van der Waals surface area contributed by atoms with Gasteiger partial charge in [-0.2, -0.15) is 0 Å². The van der Waals surface area contributed by atoms with Crippen LogP contribution in [0, 0.1) is 11.6 Å². The fourth-order valence-electron chi connectivity index (χ4n) is 2.61. The molecule has 1 aliphatic rings. The number of likely N-dealkylation sites (tertiary alicyclic amines) is 1. The maximum Gasteiger partial charge on any atom is 0.233 e. The molecule has 7 heteroatoms. The number of nitrogens with two attached hydrogens (primary N) is 1. The molecule has 1 aliphatic heterocycles. The smallest absolute Gasteiger partial charge is 0.233 e. The molecule has 1 aromatic carbocycles. The Morgan fingerprint density at radius 1 is 1.41 bits per heavy atom. The maximum atomic E-state index is 13.1. The molecule has 0 aromatic heterocycles. The molecule has 2 atom stereocenters. The average molecular weight is 351 g/mol. The minimum absolute atomic E-state index is 0. The Kier molecular flexibility index (Phi) is 7.59. The van der Waals surface area contributed by atoms with Gasteiger partial charge in [0.15, 0.2) is 11.6 Å². The van der Waals surface area contributed by atoms with Crippen LogP contribution in [0.15, 0.2) is 23.1 Å². The summed E-state index contributed by atoms with van der Waals surface area (Å²) in [4.78, 5) is 14.7. The summed E-state index contributed by atoms with van der Waals surface area (Å²) in [5.41, 5.74) is 5.95. The number of carbonyl (C=O) groups is 1. The van der Waals surface area contributed by atoms with E-state index in [-0.39, 0.29) is 36.2 Å². The Morgan fingerprint density at radius 2 is 2.14 bits per heavy atom. The number of hydrogen-bond acceptors (Lipinski definition) is 3. The van der Waals surface area contributed by atoms with Gasteiger partial charge >= 0.3 is 0 Å². The standard InChI is InChI=1S/C15H20F2N2OS.ClH/c1-10(18)14-4-2-3-7-19(14)15(20)9-21-11-5-6-12(16)13(17)8-11;/h5-6,8,10,14H,2-4,7,9,18H2,1H3;1H. The number of halogens is 3. The third-order valence-corrected chi connectivity index (χ3v) is 4.71. The van der Waals surface area contributed by atoms with E-state index in [2.05, 4.69) is 0 Å². The molecule has 22 heavy (non-hydrogen) atoms. The van der Waals surface area contributed by atoms with E-state index in [0.717, 1.165) is 37.9 Å². The van der Waals surface area contributed by atoms with Gasteiger partial charge in [-0.15, -0.1) is 24.2 Å². The first-order valence-electron chi connectivity index (χ1n) is 7.12. The van der Waals surface area contributed by atoms with E-state index in [9.17, 15) is 13.6 Å². The molecular weight excluding hydrogens is 330 g/mol. The molecule has 2 rings (SSSR count). The highest BCUT2D eigenvalue weighted by atomic mass is 35.5. The number of amides is 1. The third kappa shape index (κ3) is 4.83.